The first kappa shape index (κ1) is 23.8. The Morgan fingerprint density at radius 3 is 2.65 bits per heavy atom. The number of fused-ring (bicyclic) bond motifs is 1. The maximum atomic E-state index is 13.2. The number of halogens is 1. The Bertz CT molecular complexity index is 1200. The molecule has 1 aliphatic rings. The van der Waals surface area contributed by atoms with Gasteiger partial charge in [0.1, 0.15) is 17.7 Å². The number of oxazole rings is 1. The van der Waals surface area contributed by atoms with Crippen LogP contribution in [0.15, 0.2) is 34.7 Å². The number of nitro groups is 1. The van der Waals surface area contributed by atoms with Crippen molar-refractivity contribution >= 4 is 34.3 Å². The zero-order valence-electron chi connectivity index (χ0n) is 18.8. The first-order valence-electron chi connectivity index (χ1n) is 10.7. The van der Waals surface area contributed by atoms with Crippen LogP contribution in [0.3, 0.4) is 0 Å². The van der Waals surface area contributed by atoms with E-state index in [0.29, 0.717) is 54.6 Å². The van der Waals surface area contributed by atoms with Crippen molar-refractivity contribution in [2.75, 3.05) is 40.5 Å². The summed E-state index contributed by atoms with van der Waals surface area (Å²) in [4.78, 5) is 30.5. The van der Waals surface area contributed by atoms with Crippen LogP contribution in [0, 0.1) is 10.1 Å². The normalized spacial score (nSPS) is 14.4. The van der Waals surface area contributed by atoms with Gasteiger partial charge in [0.25, 0.3) is 11.6 Å². The number of benzene rings is 2. The number of methoxy groups -OCH3 is 2. The van der Waals surface area contributed by atoms with Crippen LogP contribution >= 0.6 is 11.6 Å². The molecule has 11 heteroatoms. The van der Waals surface area contributed by atoms with E-state index in [0.717, 1.165) is 0 Å². The van der Waals surface area contributed by atoms with Crippen molar-refractivity contribution in [1.82, 2.24) is 9.88 Å². The highest BCUT2D eigenvalue weighted by molar-refractivity contribution is 6.31. The van der Waals surface area contributed by atoms with Gasteiger partial charge in [-0.15, -0.1) is 0 Å². The molecule has 0 unspecified atom stereocenters. The summed E-state index contributed by atoms with van der Waals surface area (Å²) in [6.07, 6.45) is 1.24. The quantitative estimate of drug-likeness (QED) is 0.259. The highest BCUT2D eigenvalue weighted by atomic mass is 35.5. The van der Waals surface area contributed by atoms with Crippen LogP contribution in [0.5, 0.6) is 11.5 Å². The number of likely N-dealkylation sites (tertiary alicyclic amines) is 1. The Morgan fingerprint density at radius 2 is 1.97 bits per heavy atom. The van der Waals surface area contributed by atoms with Crippen LogP contribution in [0.25, 0.3) is 11.1 Å². The number of aromatic nitrogens is 1. The van der Waals surface area contributed by atoms with Gasteiger partial charge < -0.3 is 23.5 Å². The number of rotatable bonds is 8. The Morgan fingerprint density at radius 1 is 1.21 bits per heavy atom. The van der Waals surface area contributed by atoms with E-state index in [9.17, 15) is 14.9 Å². The average molecular weight is 490 g/mol. The van der Waals surface area contributed by atoms with Crippen LogP contribution in [-0.2, 0) is 4.74 Å². The van der Waals surface area contributed by atoms with Gasteiger partial charge in [-0.05, 0) is 31.0 Å². The summed E-state index contributed by atoms with van der Waals surface area (Å²) < 4.78 is 21.7. The lowest BCUT2D eigenvalue weighted by Gasteiger charge is -2.30. The van der Waals surface area contributed by atoms with E-state index in [1.54, 1.807) is 23.1 Å². The smallest absolute Gasteiger partial charge is 0.286 e. The number of nitrogens with zero attached hydrogens (tertiary/aromatic N) is 3. The maximum Gasteiger partial charge on any atom is 0.286 e. The molecule has 0 N–H and O–H groups in total. The third kappa shape index (κ3) is 4.92. The zero-order valence-corrected chi connectivity index (χ0v) is 19.5. The third-order valence-corrected chi connectivity index (χ3v) is 5.99. The fraction of sp³-hybridized carbons (Fsp3) is 0.391. The summed E-state index contributed by atoms with van der Waals surface area (Å²) in [6.45, 7) is 1.32. The van der Waals surface area contributed by atoms with Gasteiger partial charge in [-0.1, -0.05) is 11.6 Å². The van der Waals surface area contributed by atoms with Crippen LogP contribution < -0.4 is 9.47 Å². The highest BCUT2D eigenvalue weighted by Crippen LogP contribution is 2.37. The highest BCUT2D eigenvalue weighted by Gasteiger charge is 2.32. The molecule has 180 valence electrons. The van der Waals surface area contributed by atoms with Gasteiger partial charge in [-0.25, -0.2) is 4.98 Å². The molecular formula is C23H24ClN3O7. The molecule has 1 saturated heterocycles. The van der Waals surface area contributed by atoms with E-state index < -0.39 is 10.8 Å². The number of amides is 1. The number of hydrogen-bond acceptors (Lipinski definition) is 8. The first-order chi connectivity index (χ1) is 16.4. The summed E-state index contributed by atoms with van der Waals surface area (Å²) in [5.41, 5.74) is 0.969. The molecule has 0 bridgehead atoms. The lowest BCUT2D eigenvalue weighted by Crippen LogP contribution is -2.38. The topological polar surface area (TPSA) is 117 Å². The fourth-order valence-electron chi connectivity index (χ4n) is 3.97. The van der Waals surface area contributed by atoms with Crippen LogP contribution in [-0.4, -0.2) is 61.2 Å². The minimum absolute atomic E-state index is 0.0382. The molecule has 4 rings (SSSR count). The van der Waals surface area contributed by atoms with Gasteiger partial charge in [0.15, 0.2) is 23.0 Å². The van der Waals surface area contributed by atoms with E-state index in [2.05, 4.69) is 4.98 Å². The van der Waals surface area contributed by atoms with Crippen molar-refractivity contribution in [3.63, 3.8) is 0 Å². The molecule has 1 aromatic heterocycles. The number of hydrogen-bond donors (Lipinski definition) is 0. The summed E-state index contributed by atoms with van der Waals surface area (Å²) in [7, 11) is 2.94. The molecule has 3 aromatic rings. The van der Waals surface area contributed by atoms with E-state index in [4.69, 9.17) is 30.2 Å². The Labute approximate surface area is 200 Å². The van der Waals surface area contributed by atoms with Crippen molar-refractivity contribution in [1.29, 1.82) is 0 Å². The van der Waals surface area contributed by atoms with E-state index in [-0.39, 0.29) is 35.3 Å². The lowest BCUT2D eigenvalue weighted by atomic mass is 9.96. The number of ether oxygens (including phenoxy) is 3. The van der Waals surface area contributed by atoms with Crippen molar-refractivity contribution < 1.29 is 28.3 Å². The molecule has 0 saturated carbocycles. The molecule has 1 aliphatic heterocycles. The molecule has 0 atom stereocenters. The Balaban J connectivity index is 1.50. The second-order valence-corrected chi connectivity index (χ2v) is 8.29. The minimum Gasteiger partial charge on any atom is -0.493 e. The number of piperidine rings is 1. The van der Waals surface area contributed by atoms with Gasteiger partial charge >= 0.3 is 0 Å². The number of carbonyl (C=O) groups excluding carboxylic acids is 1. The van der Waals surface area contributed by atoms with Crippen molar-refractivity contribution in [3.05, 3.63) is 56.9 Å². The van der Waals surface area contributed by atoms with E-state index >= 15 is 0 Å². The molecule has 1 amide bonds. The van der Waals surface area contributed by atoms with Crippen LogP contribution in [0.1, 0.15) is 35.0 Å². The fourth-order valence-corrected chi connectivity index (χ4v) is 4.14. The second kappa shape index (κ2) is 10.3. The largest absolute Gasteiger partial charge is 0.493 e. The molecule has 2 aromatic carbocycles. The second-order valence-electron chi connectivity index (χ2n) is 7.85. The minimum atomic E-state index is -0.591. The predicted molar refractivity (Wildman–Crippen MR) is 124 cm³/mol. The Kier molecular flexibility index (Phi) is 7.18. The third-order valence-electron chi connectivity index (χ3n) is 5.75. The monoisotopic (exact) mass is 489 g/mol. The maximum absolute atomic E-state index is 13.2. The number of nitro benzene ring substituents is 1. The standard InChI is InChI=1S/C23H24ClN3O7/c1-31-9-10-33-21-13-18(27(29)30)16(12-20(21)32-2)23(28)26-7-5-14(6-8-26)22-25-17-11-15(24)3-4-19(17)34-22/h3-4,11-14H,5-10H2,1-2H3. The summed E-state index contributed by atoms with van der Waals surface area (Å²) in [6, 6.07) is 7.85. The van der Waals surface area contributed by atoms with Crippen LogP contribution in [0.2, 0.25) is 5.02 Å². The van der Waals surface area contributed by atoms with Gasteiger partial charge in [0, 0.05) is 37.2 Å². The van der Waals surface area contributed by atoms with Crippen molar-refractivity contribution in [2.45, 2.75) is 18.8 Å². The zero-order chi connectivity index (χ0) is 24.2. The predicted octanol–water partition coefficient (Wildman–Crippen LogP) is 4.44. The Hall–Kier alpha value is -3.37. The molecule has 0 aliphatic carbocycles. The summed E-state index contributed by atoms with van der Waals surface area (Å²) in [5, 5.41) is 12.3. The summed E-state index contributed by atoms with van der Waals surface area (Å²) >= 11 is 6.03. The van der Waals surface area contributed by atoms with Crippen molar-refractivity contribution in [2.24, 2.45) is 0 Å². The van der Waals surface area contributed by atoms with E-state index in [1.807, 2.05) is 0 Å². The average Bonchev–Trinajstić information content (AvgIpc) is 3.26. The van der Waals surface area contributed by atoms with Crippen molar-refractivity contribution in [3.8, 4) is 11.5 Å². The molecule has 10 nitrogen and oxygen atoms in total. The first-order valence-corrected chi connectivity index (χ1v) is 11.1. The van der Waals surface area contributed by atoms with Gasteiger partial charge in [0.2, 0.25) is 0 Å². The van der Waals surface area contributed by atoms with E-state index in [1.165, 1.54) is 26.4 Å². The number of carbonyl (C=O) groups is 1. The molecule has 1 fully saturated rings. The molecule has 2 heterocycles. The van der Waals surface area contributed by atoms with Crippen LogP contribution in [0.4, 0.5) is 5.69 Å². The SMILES string of the molecule is COCCOc1cc([N+](=O)[O-])c(C(=O)N2CCC(c3nc4cc(Cl)ccc4o3)CC2)cc1OC. The molecule has 0 spiro atoms. The molecule has 34 heavy (non-hydrogen) atoms. The van der Waals surface area contributed by atoms with Gasteiger partial charge in [-0.2, -0.15) is 0 Å². The molecular weight excluding hydrogens is 466 g/mol. The van der Waals surface area contributed by atoms with Gasteiger partial charge in [-0.3, -0.25) is 14.9 Å². The molecule has 0 radical (unpaired) electrons. The lowest BCUT2D eigenvalue weighted by molar-refractivity contribution is -0.385. The van der Waals surface area contributed by atoms with Gasteiger partial charge in [0.05, 0.1) is 24.7 Å². The summed E-state index contributed by atoms with van der Waals surface area (Å²) in [5.74, 6) is 0.629.